The van der Waals surface area contributed by atoms with Crippen molar-refractivity contribution in [3.8, 4) is 5.75 Å². The smallest absolute Gasteiger partial charge is 0.277 e. The van der Waals surface area contributed by atoms with E-state index in [-0.39, 0.29) is 17.5 Å². The van der Waals surface area contributed by atoms with Crippen LogP contribution in [0.25, 0.3) is 0 Å². The summed E-state index contributed by atoms with van der Waals surface area (Å²) in [6, 6.07) is 8.67. The molecule has 36 heavy (non-hydrogen) atoms. The van der Waals surface area contributed by atoms with Crippen molar-refractivity contribution in [1.82, 2.24) is 10.6 Å². The minimum absolute atomic E-state index is 0.0671. The number of ketones is 1. The number of hydrogen-bond acceptors (Lipinski definition) is 6. The summed E-state index contributed by atoms with van der Waals surface area (Å²) in [5.74, 6) is 0.908. The fourth-order valence-corrected chi connectivity index (χ4v) is 4.61. The van der Waals surface area contributed by atoms with Crippen LogP contribution in [0, 0.1) is 5.92 Å². The van der Waals surface area contributed by atoms with E-state index < -0.39 is 29.5 Å². The molecule has 10 heteroatoms. The average molecular weight is 558 g/mol. The Kier molecular flexibility index (Phi) is 13.2. The van der Waals surface area contributed by atoms with Crippen LogP contribution in [0.4, 0.5) is 0 Å². The summed E-state index contributed by atoms with van der Waals surface area (Å²) in [5.41, 5.74) is -1.36. The first-order chi connectivity index (χ1) is 17.2. The molecule has 2 amide bonds. The molecule has 1 aromatic carbocycles. The Morgan fingerprint density at radius 3 is 2.47 bits per heavy atom. The Labute approximate surface area is 227 Å². The van der Waals surface area contributed by atoms with Gasteiger partial charge in [-0.15, -0.1) is 11.8 Å². The number of amides is 2. The second-order valence-corrected chi connectivity index (χ2v) is 10.6. The van der Waals surface area contributed by atoms with Gasteiger partial charge in [-0.1, -0.05) is 62.9 Å². The van der Waals surface area contributed by atoms with Gasteiger partial charge in [-0.3, -0.25) is 14.4 Å². The SMILES string of the molecule is CCCC[C@H](NC(=O)[C@H](CC(C)C)NC(=O)C(Cl)Oc1cccc(Cl)c1)C(=O)CSCc1ccco1. The first-order valence-electron chi connectivity index (χ1n) is 12.0. The molecular weight excluding hydrogens is 523 g/mol. The molecule has 1 aromatic heterocycles. The van der Waals surface area contributed by atoms with Crippen molar-refractivity contribution in [1.29, 1.82) is 0 Å². The Hall–Kier alpha value is -2.16. The molecule has 0 aliphatic carbocycles. The lowest BCUT2D eigenvalue weighted by molar-refractivity contribution is -0.132. The van der Waals surface area contributed by atoms with Gasteiger partial charge < -0.3 is 19.8 Å². The van der Waals surface area contributed by atoms with Crippen LogP contribution in [-0.2, 0) is 20.1 Å². The van der Waals surface area contributed by atoms with E-state index in [4.69, 9.17) is 32.4 Å². The molecule has 2 rings (SSSR count). The second-order valence-electron chi connectivity index (χ2n) is 8.82. The number of hydrogen-bond donors (Lipinski definition) is 2. The number of rotatable bonds is 16. The third-order valence-electron chi connectivity index (χ3n) is 5.20. The molecule has 0 aliphatic rings. The fraction of sp³-hybridized carbons (Fsp3) is 0.500. The molecule has 7 nitrogen and oxygen atoms in total. The van der Waals surface area contributed by atoms with Gasteiger partial charge in [0.1, 0.15) is 17.6 Å². The van der Waals surface area contributed by atoms with E-state index in [0.29, 0.717) is 29.4 Å². The van der Waals surface area contributed by atoms with Crippen molar-refractivity contribution in [2.24, 2.45) is 5.92 Å². The number of nitrogens with one attached hydrogen (secondary N) is 2. The van der Waals surface area contributed by atoms with Gasteiger partial charge in [0.25, 0.3) is 5.91 Å². The normalized spacial score (nSPS) is 13.6. The zero-order chi connectivity index (χ0) is 26.5. The highest BCUT2D eigenvalue weighted by atomic mass is 35.5. The molecule has 0 fully saturated rings. The molecule has 1 unspecified atom stereocenters. The van der Waals surface area contributed by atoms with Gasteiger partial charge in [-0.25, -0.2) is 0 Å². The van der Waals surface area contributed by atoms with Crippen molar-refractivity contribution in [2.45, 2.75) is 69.9 Å². The lowest BCUT2D eigenvalue weighted by atomic mass is 10.0. The molecule has 198 valence electrons. The van der Waals surface area contributed by atoms with Gasteiger partial charge in [-0.2, -0.15) is 0 Å². The first kappa shape index (κ1) is 30.1. The van der Waals surface area contributed by atoms with Crippen molar-refractivity contribution >= 4 is 52.6 Å². The minimum Gasteiger partial charge on any atom is -0.468 e. The molecule has 0 spiro atoms. The molecule has 1 heterocycles. The highest BCUT2D eigenvalue weighted by molar-refractivity contribution is 7.99. The molecule has 3 atom stereocenters. The van der Waals surface area contributed by atoms with E-state index in [0.717, 1.165) is 18.6 Å². The number of carbonyl (C=O) groups excluding carboxylic acids is 3. The summed E-state index contributed by atoms with van der Waals surface area (Å²) in [6.07, 6.45) is 4.18. The maximum atomic E-state index is 13.2. The Bertz CT molecular complexity index is 971. The number of furan rings is 1. The number of ether oxygens (including phenoxy) is 1. The van der Waals surface area contributed by atoms with Crippen molar-refractivity contribution in [3.05, 3.63) is 53.4 Å². The van der Waals surface area contributed by atoms with Crippen LogP contribution in [-0.4, -0.2) is 41.0 Å². The van der Waals surface area contributed by atoms with E-state index in [1.165, 1.54) is 17.8 Å². The summed E-state index contributed by atoms with van der Waals surface area (Å²) < 4.78 is 10.8. The van der Waals surface area contributed by atoms with Gasteiger partial charge in [0.2, 0.25) is 11.5 Å². The summed E-state index contributed by atoms with van der Waals surface area (Å²) in [6.45, 7) is 5.91. The van der Waals surface area contributed by atoms with E-state index in [2.05, 4.69) is 10.6 Å². The van der Waals surface area contributed by atoms with Crippen molar-refractivity contribution in [2.75, 3.05) is 5.75 Å². The van der Waals surface area contributed by atoms with Crippen LogP contribution >= 0.6 is 35.0 Å². The summed E-state index contributed by atoms with van der Waals surface area (Å²) in [5, 5.41) is 5.98. The predicted octanol–water partition coefficient (Wildman–Crippen LogP) is 5.59. The number of unbranched alkanes of at least 4 members (excludes halogenated alkanes) is 1. The van der Waals surface area contributed by atoms with Crippen LogP contribution < -0.4 is 15.4 Å². The molecule has 0 aliphatic heterocycles. The summed E-state index contributed by atoms with van der Waals surface area (Å²) in [4.78, 5) is 38.8. The molecule has 0 radical (unpaired) electrons. The molecular formula is C26H34Cl2N2O5S. The molecule has 0 bridgehead atoms. The summed E-state index contributed by atoms with van der Waals surface area (Å²) in [7, 11) is 0. The monoisotopic (exact) mass is 556 g/mol. The average Bonchev–Trinajstić information content (AvgIpc) is 3.34. The van der Waals surface area contributed by atoms with E-state index in [1.54, 1.807) is 30.5 Å². The highest BCUT2D eigenvalue weighted by Gasteiger charge is 2.29. The van der Waals surface area contributed by atoms with E-state index in [1.807, 2.05) is 26.8 Å². The number of carbonyl (C=O) groups is 3. The zero-order valence-corrected chi connectivity index (χ0v) is 23.1. The standard InChI is InChI=1S/C26H34Cl2N2O5S/c1-4-5-11-21(23(31)16-36-15-20-10-7-12-34-20)29-25(32)22(13-17(2)3)30-26(33)24(28)35-19-9-6-8-18(27)14-19/h6-10,12,14,17,21-22,24H,4-5,11,13,15-16H2,1-3H3,(H,29,32)(H,30,33)/t21-,22-,24?/m0/s1. The molecule has 2 aromatic rings. The second kappa shape index (κ2) is 15.8. The molecule has 0 saturated heterocycles. The fourth-order valence-electron chi connectivity index (χ4n) is 3.40. The lowest BCUT2D eigenvalue weighted by Gasteiger charge is -2.25. The lowest BCUT2D eigenvalue weighted by Crippen LogP contribution is -2.53. The number of benzene rings is 1. The van der Waals surface area contributed by atoms with Gasteiger partial charge in [-0.05, 0) is 49.1 Å². The van der Waals surface area contributed by atoms with Crippen LogP contribution in [0.3, 0.4) is 0 Å². The first-order valence-corrected chi connectivity index (χ1v) is 14.0. The molecule has 2 N–H and O–H groups in total. The summed E-state index contributed by atoms with van der Waals surface area (Å²) >= 11 is 13.5. The Morgan fingerprint density at radius 1 is 1.08 bits per heavy atom. The molecule has 0 saturated carbocycles. The third-order valence-corrected chi connectivity index (χ3v) is 6.70. The zero-order valence-electron chi connectivity index (χ0n) is 20.8. The van der Waals surface area contributed by atoms with Crippen LogP contribution in [0.2, 0.25) is 5.02 Å². The van der Waals surface area contributed by atoms with Crippen LogP contribution in [0.15, 0.2) is 47.1 Å². The minimum atomic E-state index is -1.36. The van der Waals surface area contributed by atoms with Gasteiger partial charge >= 0.3 is 0 Å². The van der Waals surface area contributed by atoms with E-state index in [9.17, 15) is 14.4 Å². The predicted molar refractivity (Wildman–Crippen MR) is 144 cm³/mol. The quantitative estimate of drug-likeness (QED) is 0.262. The largest absolute Gasteiger partial charge is 0.468 e. The van der Waals surface area contributed by atoms with Gasteiger partial charge in [0.15, 0.2) is 5.78 Å². The van der Waals surface area contributed by atoms with Crippen LogP contribution in [0.1, 0.15) is 52.2 Å². The number of Topliss-reactive ketones (excluding diaryl/α,β-unsaturated/α-hetero) is 1. The van der Waals surface area contributed by atoms with E-state index >= 15 is 0 Å². The van der Waals surface area contributed by atoms with Gasteiger partial charge in [0, 0.05) is 5.02 Å². The number of halogens is 2. The Morgan fingerprint density at radius 2 is 1.83 bits per heavy atom. The van der Waals surface area contributed by atoms with Gasteiger partial charge in [0.05, 0.1) is 23.8 Å². The highest BCUT2D eigenvalue weighted by Crippen LogP contribution is 2.20. The van der Waals surface area contributed by atoms with Crippen molar-refractivity contribution in [3.63, 3.8) is 0 Å². The number of alkyl halides is 1. The maximum Gasteiger partial charge on any atom is 0.277 e. The maximum absolute atomic E-state index is 13.2. The van der Waals surface area contributed by atoms with Crippen LogP contribution in [0.5, 0.6) is 5.75 Å². The number of thioether (sulfide) groups is 1. The van der Waals surface area contributed by atoms with Crippen molar-refractivity contribution < 1.29 is 23.5 Å². The topological polar surface area (TPSA) is 97.6 Å². The Balaban J connectivity index is 1.99. The third kappa shape index (κ3) is 10.8.